The smallest absolute Gasteiger partial charge is 0.408 e. The number of aromatic nitrogens is 1. The van der Waals surface area contributed by atoms with Crippen molar-refractivity contribution in [2.75, 3.05) is 7.11 Å². The van der Waals surface area contributed by atoms with Crippen LogP contribution < -0.4 is 5.32 Å². The summed E-state index contributed by atoms with van der Waals surface area (Å²) in [5.74, 6) is -0.487. The predicted octanol–water partition coefficient (Wildman–Crippen LogP) is 3.59. The molecule has 1 amide bonds. The minimum atomic E-state index is -0.798. The van der Waals surface area contributed by atoms with Crippen LogP contribution in [0, 0.1) is 0 Å². The van der Waals surface area contributed by atoms with Crippen molar-refractivity contribution in [1.29, 1.82) is 0 Å². The quantitative estimate of drug-likeness (QED) is 0.830. The van der Waals surface area contributed by atoms with Crippen molar-refractivity contribution in [2.24, 2.45) is 0 Å². The van der Waals surface area contributed by atoms with Crippen molar-refractivity contribution in [1.82, 2.24) is 9.88 Å². The molecule has 1 atom stereocenters. The zero-order valence-corrected chi connectivity index (χ0v) is 15.7. The van der Waals surface area contributed by atoms with E-state index in [1.54, 1.807) is 20.8 Å². The summed E-state index contributed by atoms with van der Waals surface area (Å²) in [5, 5.41) is 3.74. The van der Waals surface area contributed by atoms with E-state index in [4.69, 9.17) is 9.47 Å². The van der Waals surface area contributed by atoms with Crippen LogP contribution in [0.3, 0.4) is 0 Å². The second kappa shape index (κ2) is 7.02. The maximum atomic E-state index is 12.2. The number of hydrogen-bond donors (Lipinski definition) is 1. The average Bonchev–Trinajstić information content (AvgIpc) is 3.35. The Morgan fingerprint density at radius 3 is 2.58 bits per heavy atom. The predicted molar refractivity (Wildman–Crippen MR) is 99.1 cm³/mol. The number of methoxy groups -OCH3 is 1. The zero-order valence-electron chi connectivity index (χ0n) is 15.7. The van der Waals surface area contributed by atoms with Crippen molar-refractivity contribution in [3.05, 3.63) is 36.0 Å². The molecule has 1 aromatic heterocycles. The van der Waals surface area contributed by atoms with Crippen LogP contribution in [0.2, 0.25) is 0 Å². The highest BCUT2D eigenvalue weighted by Crippen LogP contribution is 2.39. The number of amides is 1. The minimum absolute atomic E-state index is 0.353. The fourth-order valence-electron chi connectivity index (χ4n) is 3.10. The highest BCUT2D eigenvalue weighted by molar-refractivity contribution is 5.86. The van der Waals surface area contributed by atoms with Crippen molar-refractivity contribution in [3.8, 4) is 0 Å². The molecule has 0 spiro atoms. The average molecular weight is 358 g/mol. The molecule has 6 nitrogen and oxygen atoms in total. The summed E-state index contributed by atoms with van der Waals surface area (Å²) in [6.45, 7) is 5.34. The molecular formula is C20H26N2O4. The van der Waals surface area contributed by atoms with Gasteiger partial charge in [-0.15, -0.1) is 0 Å². The standard InChI is InChI=1S/C20H26N2O4/c1-20(2,3)26-19(24)21-16(18(23)25-4)11-13-12-22(14-9-10-14)17-8-6-5-7-15(13)17/h5-8,12,14,16H,9-11H2,1-4H3,(H,21,24). The molecule has 140 valence electrons. The molecule has 1 N–H and O–H groups in total. The number of alkyl carbamates (subject to hydrolysis) is 1. The first kappa shape index (κ1) is 18.3. The van der Waals surface area contributed by atoms with E-state index in [2.05, 4.69) is 22.1 Å². The molecule has 6 heteroatoms. The van der Waals surface area contributed by atoms with Gasteiger partial charge in [-0.25, -0.2) is 9.59 Å². The number of carbonyl (C=O) groups is 2. The van der Waals surface area contributed by atoms with Crippen molar-refractivity contribution < 1.29 is 19.1 Å². The van der Waals surface area contributed by atoms with Crippen LogP contribution in [0.5, 0.6) is 0 Å². The van der Waals surface area contributed by atoms with Crippen LogP contribution in [0.1, 0.15) is 45.2 Å². The van der Waals surface area contributed by atoms with E-state index in [0.717, 1.165) is 16.5 Å². The second-order valence-corrected chi connectivity index (χ2v) is 7.74. The van der Waals surface area contributed by atoms with E-state index in [1.165, 1.54) is 20.0 Å². The van der Waals surface area contributed by atoms with E-state index in [9.17, 15) is 9.59 Å². The number of fused-ring (bicyclic) bond motifs is 1. The van der Waals surface area contributed by atoms with Gasteiger partial charge in [-0.1, -0.05) is 18.2 Å². The van der Waals surface area contributed by atoms with Crippen molar-refractivity contribution in [2.45, 2.75) is 57.7 Å². The van der Waals surface area contributed by atoms with Gasteiger partial charge in [0.25, 0.3) is 0 Å². The summed E-state index contributed by atoms with van der Waals surface area (Å²) < 4.78 is 12.4. The van der Waals surface area contributed by atoms with Gasteiger partial charge in [0.15, 0.2) is 0 Å². The number of esters is 1. The van der Waals surface area contributed by atoms with Gasteiger partial charge in [-0.05, 0) is 45.2 Å². The van der Waals surface area contributed by atoms with Gasteiger partial charge in [-0.2, -0.15) is 0 Å². The number of carbonyl (C=O) groups excluding carboxylic acids is 2. The van der Waals surface area contributed by atoms with Gasteiger partial charge in [0, 0.05) is 29.6 Å². The Labute approximate surface area is 153 Å². The van der Waals surface area contributed by atoms with E-state index in [0.29, 0.717) is 12.5 Å². The van der Waals surface area contributed by atoms with Crippen molar-refractivity contribution >= 4 is 23.0 Å². The van der Waals surface area contributed by atoms with Gasteiger partial charge < -0.3 is 19.4 Å². The number of rotatable bonds is 5. The molecule has 1 aliphatic carbocycles. The molecule has 1 aromatic carbocycles. The number of hydrogen-bond acceptors (Lipinski definition) is 4. The molecule has 1 aliphatic rings. The van der Waals surface area contributed by atoms with Crippen LogP contribution in [0.4, 0.5) is 4.79 Å². The maximum absolute atomic E-state index is 12.2. The molecule has 2 aromatic rings. The number of nitrogens with zero attached hydrogens (tertiary/aromatic N) is 1. The molecular weight excluding hydrogens is 332 g/mol. The van der Waals surface area contributed by atoms with Gasteiger partial charge in [-0.3, -0.25) is 0 Å². The highest BCUT2D eigenvalue weighted by atomic mass is 16.6. The molecule has 0 radical (unpaired) electrons. The zero-order chi connectivity index (χ0) is 18.9. The Balaban J connectivity index is 1.84. The first-order valence-corrected chi connectivity index (χ1v) is 8.94. The van der Waals surface area contributed by atoms with Gasteiger partial charge in [0.1, 0.15) is 11.6 Å². The molecule has 0 bridgehead atoms. The summed E-state index contributed by atoms with van der Waals surface area (Å²) in [5.41, 5.74) is 1.54. The SMILES string of the molecule is COC(=O)C(Cc1cn(C2CC2)c2ccccc12)NC(=O)OC(C)(C)C. The van der Waals surface area contributed by atoms with Gasteiger partial charge >= 0.3 is 12.1 Å². The fourth-order valence-corrected chi connectivity index (χ4v) is 3.10. The Bertz CT molecular complexity index is 815. The lowest BCUT2D eigenvalue weighted by Crippen LogP contribution is -2.45. The van der Waals surface area contributed by atoms with E-state index in [-0.39, 0.29) is 0 Å². The number of para-hydroxylation sites is 1. The second-order valence-electron chi connectivity index (χ2n) is 7.74. The van der Waals surface area contributed by atoms with Crippen LogP contribution in [-0.2, 0) is 20.7 Å². The lowest BCUT2D eigenvalue weighted by molar-refractivity contribution is -0.143. The number of benzene rings is 1. The van der Waals surface area contributed by atoms with Crippen LogP contribution in [0.25, 0.3) is 10.9 Å². The first-order chi connectivity index (χ1) is 12.3. The summed E-state index contributed by atoms with van der Waals surface area (Å²) >= 11 is 0. The van der Waals surface area contributed by atoms with E-state index < -0.39 is 23.7 Å². The third-order valence-corrected chi connectivity index (χ3v) is 4.36. The minimum Gasteiger partial charge on any atom is -0.467 e. The summed E-state index contributed by atoms with van der Waals surface area (Å²) in [7, 11) is 1.32. The summed E-state index contributed by atoms with van der Waals surface area (Å²) in [6.07, 6.45) is 4.17. The van der Waals surface area contributed by atoms with Crippen LogP contribution >= 0.6 is 0 Å². The Hall–Kier alpha value is -2.50. The maximum Gasteiger partial charge on any atom is 0.408 e. The van der Waals surface area contributed by atoms with Crippen molar-refractivity contribution in [3.63, 3.8) is 0 Å². The Morgan fingerprint density at radius 2 is 1.96 bits per heavy atom. The third kappa shape index (κ3) is 4.18. The first-order valence-electron chi connectivity index (χ1n) is 8.94. The lowest BCUT2D eigenvalue weighted by atomic mass is 10.1. The summed E-state index contributed by atoms with van der Waals surface area (Å²) in [4.78, 5) is 24.3. The highest BCUT2D eigenvalue weighted by Gasteiger charge is 2.29. The number of nitrogens with one attached hydrogen (secondary N) is 1. The topological polar surface area (TPSA) is 69.6 Å². The Morgan fingerprint density at radius 1 is 1.27 bits per heavy atom. The monoisotopic (exact) mass is 358 g/mol. The van der Waals surface area contributed by atoms with Crippen LogP contribution in [0.15, 0.2) is 30.5 Å². The molecule has 0 saturated heterocycles. The molecule has 0 aliphatic heterocycles. The number of ether oxygens (including phenoxy) is 2. The molecule has 3 rings (SSSR count). The molecule has 1 heterocycles. The molecule has 26 heavy (non-hydrogen) atoms. The normalized spacial score (nSPS) is 15.5. The van der Waals surface area contributed by atoms with Gasteiger partial charge in [0.05, 0.1) is 7.11 Å². The summed E-state index contributed by atoms with van der Waals surface area (Å²) in [6, 6.07) is 7.87. The third-order valence-electron chi connectivity index (χ3n) is 4.36. The van der Waals surface area contributed by atoms with Gasteiger partial charge in [0.2, 0.25) is 0 Å². The van der Waals surface area contributed by atoms with Crippen LogP contribution in [-0.4, -0.2) is 35.4 Å². The largest absolute Gasteiger partial charge is 0.467 e. The molecule has 1 saturated carbocycles. The molecule has 1 fully saturated rings. The van der Waals surface area contributed by atoms with E-state index >= 15 is 0 Å². The lowest BCUT2D eigenvalue weighted by Gasteiger charge is -2.22. The molecule has 1 unspecified atom stereocenters. The Kier molecular flexibility index (Phi) is 4.94. The van der Waals surface area contributed by atoms with E-state index in [1.807, 2.05) is 18.2 Å². The fraction of sp³-hybridized carbons (Fsp3) is 0.500.